The summed E-state index contributed by atoms with van der Waals surface area (Å²) < 4.78 is 0. The SMILES string of the molecule is CC(=O)c1ccc(Nc2nc(CCN)cs2)cc1. The highest BCUT2D eigenvalue weighted by Gasteiger charge is 2.03. The lowest BCUT2D eigenvalue weighted by atomic mass is 10.1. The van der Waals surface area contributed by atoms with E-state index in [0.717, 1.165) is 22.9 Å². The third-order valence-electron chi connectivity index (χ3n) is 2.49. The fraction of sp³-hybridized carbons (Fsp3) is 0.231. The van der Waals surface area contributed by atoms with Gasteiger partial charge in [-0.15, -0.1) is 11.3 Å². The van der Waals surface area contributed by atoms with Crippen molar-refractivity contribution in [2.45, 2.75) is 13.3 Å². The summed E-state index contributed by atoms with van der Waals surface area (Å²) in [6, 6.07) is 7.36. The zero-order valence-electron chi connectivity index (χ0n) is 10.1. The number of Topliss-reactive ketones (excluding diaryl/α,β-unsaturated/α-hetero) is 1. The molecule has 0 aliphatic carbocycles. The lowest BCUT2D eigenvalue weighted by Crippen LogP contribution is -2.02. The van der Waals surface area contributed by atoms with E-state index in [9.17, 15) is 4.79 Å². The van der Waals surface area contributed by atoms with Gasteiger partial charge in [0.25, 0.3) is 0 Å². The fourth-order valence-corrected chi connectivity index (χ4v) is 2.30. The van der Waals surface area contributed by atoms with E-state index in [1.807, 2.05) is 17.5 Å². The maximum Gasteiger partial charge on any atom is 0.187 e. The van der Waals surface area contributed by atoms with E-state index in [-0.39, 0.29) is 5.78 Å². The second kappa shape index (κ2) is 5.75. The second-order valence-electron chi connectivity index (χ2n) is 3.94. The monoisotopic (exact) mass is 261 g/mol. The van der Waals surface area contributed by atoms with Gasteiger partial charge >= 0.3 is 0 Å². The minimum absolute atomic E-state index is 0.0704. The first-order chi connectivity index (χ1) is 8.69. The summed E-state index contributed by atoms with van der Waals surface area (Å²) in [6.07, 6.45) is 0.793. The Morgan fingerprint density at radius 3 is 2.72 bits per heavy atom. The summed E-state index contributed by atoms with van der Waals surface area (Å²) in [7, 11) is 0. The van der Waals surface area contributed by atoms with E-state index in [1.165, 1.54) is 0 Å². The zero-order chi connectivity index (χ0) is 13.0. The van der Waals surface area contributed by atoms with E-state index >= 15 is 0 Å². The number of ketones is 1. The van der Waals surface area contributed by atoms with Crippen molar-refractivity contribution in [3.05, 3.63) is 40.9 Å². The van der Waals surface area contributed by atoms with Gasteiger partial charge in [0.05, 0.1) is 5.69 Å². The van der Waals surface area contributed by atoms with Gasteiger partial charge in [-0.3, -0.25) is 4.79 Å². The number of thiazole rings is 1. The van der Waals surface area contributed by atoms with Gasteiger partial charge in [0, 0.05) is 23.1 Å². The Kier molecular flexibility index (Phi) is 4.07. The van der Waals surface area contributed by atoms with Gasteiger partial charge in [-0.05, 0) is 37.7 Å². The number of benzene rings is 1. The molecule has 0 aliphatic rings. The van der Waals surface area contributed by atoms with Crippen molar-refractivity contribution >= 4 is 27.9 Å². The molecule has 94 valence electrons. The van der Waals surface area contributed by atoms with Gasteiger partial charge < -0.3 is 11.1 Å². The first-order valence-corrected chi connectivity index (χ1v) is 6.59. The van der Waals surface area contributed by atoms with Crippen LogP contribution in [0.5, 0.6) is 0 Å². The summed E-state index contributed by atoms with van der Waals surface area (Å²) in [5.41, 5.74) is 8.12. The highest BCUT2D eigenvalue weighted by molar-refractivity contribution is 7.13. The highest BCUT2D eigenvalue weighted by atomic mass is 32.1. The second-order valence-corrected chi connectivity index (χ2v) is 4.80. The summed E-state index contributed by atoms with van der Waals surface area (Å²) in [5.74, 6) is 0.0704. The number of carbonyl (C=O) groups is 1. The van der Waals surface area contributed by atoms with Crippen LogP contribution in [-0.4, -0.2) is 17.3 Å². The van der Waals surface area contributed by atoms with Crippen LogP contribution in [0.4, 0.5) is 10.8 Å². The molecule has 0 unspecified atom stereocenters. The van der Waals surface area contributed by atoms with Crippen LogP contribution in [-0.2, 0) is 6.42 Å². The lowest BCUT2D eigenvalue weighted by molar-refractivity contribution is 0.101. The van der Waals surface area contributed by atoms with Crippen molar-refractivity contribution in [3.8, 4) is 0 Å². The average molecular weight is 261 g/mol. The third kappa shape index (κ3) is 3.15. The molecular weight excluding hydrogens is 246 g/mol. The van der Waals surface area contributed by atoms with E-state index < -0.39 is 0 Å². The highest BCUT2D eigenvalue weighted by Crippen LogP contribution is 2.21. The molecule has 0 fully saturated rings. The molecule has 0 saturated carbocycles. The lowest BCUT2D eigenvalue weighted by Gasteiger charge is -2.03. The van der Waals surface area contributed by atoms with Gasteiger partial charge in [0.1, 0.15) is 0 Å². The molecule has 1 heterocycles. The zero-order valence-corrected chi connectivity index (χ0v) is 11.0. The number of nitrogens with one attached hydrogen (secondary N) is 1. The molecule has 0 bridgehead atoms. The number of nitrogens with two attached hydrogens (primary N) is 1. The Morgan fingerprint density at radius 1 is 1.39 bits per heavy atom. The average Bonchev–Trinajstić information content (AvgIpc) is 2.78. The van der Waals surface area contributed by atoms with E-state index in [0.29, 0.717) is 12.1 Å². The molecule has 0 aliphatic heterocycles. The third-order valence-corrected chi connectivity index (χ3v) is 3.30. The summed E-state index contributed by atoms with van der Waals surface area (Å²) in [6.45, 7) is 2.17. The fourth-order valence-electron chi connectivity index (χ4n) is 1.54. The number of aromatic nitrogens is 1. The standard InChI is InChI=1S/C13H15N3OS/c1-9(17)10-2-4-11(5-3-10)15-13-16-12(6-7-14)8-18-13/h2-5,8H,6-7,14H2,1H3,(H,15,16). The predicted octanol–water partition coefficient (Wildman–Crippen LogP) is 2.59. The molecule has 0 atom stereocenters. The van der Waals surface area contributed by atoms with Crippen molar-refractivity contribution in [1.82, 2.24) is 4.98 Å². The molecule has 3 N–H and O–H groups in total. The van der Waals surface area contributed by atoms with Crippen molar-refractivity contribution in [1.29, 1.82) is 0 Å². The van der Waals surface area contributed by atoms with Crippen molar-refractivity contribution in [2.75, 3.05) is 11.9 Å². The Balaban J connectivity index is 2.06. The first kappa shape index (κ1) is 12.7. The van der Waals surface area contributed by atoms with E-state index in [4.69, 9.17) is 5.73 Å². The van der Waals surface area contributed by atoms with Crippen molar-refractivity contribution in [2.24, 2.45) is 5.73 Å². The smallest absolute Gasteiger partial charge is 0.187 e. The van der Waals surface area contributed by atoms with Crippen LogP contribution in [0.15, 0.2) is 29.6 Å². The van der Waals surface area contributed by atoms with Gasteiger partial charge in [0.2, 0.25) is 0 Å². The van der Waals surface area contributed by atoms with Gasteiger partial charge in [-0.1, -0.05) is 0 Å². The summed E-state index contributed by atoms with van der Waals surface area (Å²) in [5, 5.41) is 6.04. The molecule has 2 aromatic rings. The topological polar surface area (TPSA) is 68.0 Å². The Morgan fingerprint density at radius 2 is 2.11 bits per heavy atom. The number of carbonyl (C=O) groups excluding carboxylic acids is 1. The molecule has 1 aromatic carbocycles. The molecule has 5 heteroatoms. The van der Waals surface area contributed by atoms with E-state index in [1.54, 1.807) is 30.4 Å². The summed E-state index contributed by atoms with van der Waals surface area (Å²) >= 11 is 1.55. The molecule has 18 heavy (non-hydrogen) atoms. The number of rotatable bonds is 5. The number of hydrogen-bond donors (Lipinski definition) is 2. The molecule has 0 spiro atoms. The van der Waals surface area contributed by atoms with E-state index in [2.05, 4.69) is 10.3 Å². The van der Waals surface area contributed by atoms with Crippen LogP contribution in [0.2, 0.25) is 0 Å². The maximum absolute atomic E-state index is 11.1. The molecule has 2 rings (SSSR count). The normalized spacial score (nSPS) is 10.3. The molecule has 0 saturated heterocycles. The minimum Gasteiger partial charge on any atom is -0.332 e. The summed E-state index contributed by atoms with van der Waals surface area (Å²) in [4.78, 5) is 15.6. The van der Waals surface area contributed by atoms with Crippen LogP contribution >= 0.6 is 11.3 Å². The van der Waals surface area contributed by atoms with Crippen LogP contribution < -0.4 is 11.1 Å². The molecular formula is C13H15N3OS. The number of nitrogens with zero attached hydrogens (tertiary/aromatic N) is 1. The Bertz CT molecular complexity index is 533. The van der Waals surface area contributed by atoms with Crippen LogP contribution in [0.25, 0.3) is 0 Å². The molecule has 0 amide bonds. The Labute approximate surface area is 110 Å². The van der Waals surface area contributed by atoms with Crippen molar-refractivity contribution < 1.29 is 4.79 Å². The predicted molar refractivity (Wildman–Crippen MR) is 74.6 cm³/mol. The maximum atomic E-state index is 11.1. The molecule has 0 radical (unpaired) electrons. The van der Waals surface area contributed by atoms with Crippen LogP contribution in [0, 0.1) is 0 Å². The Hall–Kier alpha value is -1.72. The van der Waals surface area contributed by atoms with Gasteiger partial charge in [-0.25, -0.2) is 4.98 Å². The molecule has 1 aromatic heterocycles. The minimum atomic E-state index is 0.0704. The number of hydrogen-bond acceptors (Lipinski definition) is 5. The number of anilines is 2. The van der Waals surface area contributed by atoms with Gasteiger partial charge in [0.15, 0.2) is 10.9 Å². The van der Waals surface area contributed by atoms with Gasteiger partial charge in [-0.2, -0.15) is 0 Å². The van der Waals surface area contributed by atoms with Crippen molar-refractivity contribution in [3.63, 3.8) is 0 Å². The van der Waals surface area contributed by atoms with Crippen LogP contribution in [0.3, 0.4) is 0 Å². The first-order valence-electron chi connectivity index (χ1n) is 5.71. The quantitative estimate of drug-likeness (QED) is 0.812. The molecule has 4 nitrogen and oxygen atoms in total. The van der Waals surface area contributed by atoms with Crippen LogP contribution in [0.1, 0.15) is 23.0 Å². The largest absolute Gasteiger partial charge is 0.332 e.